The number of thioether (sulfide) groups is 1. The SMILES string of the molecule is O=Cc1ccc(SCCCO)c([N+](=O)[O-])c1. The zero-order valence-corrected chi connectivity index (χ0v) is 9.27. The predicted molar refractivity (Wildman–Crippen MR) is 60.9 cm³/mol. The van der Waals surface area contributed by atoms with Gasteiger partial charge in [0.05, 0.1) is 9.82 Å². The van der Waals surface area contributed by atoms with Crippen LogP contribution in [0, 0.1) is 10.1 Å². The molecule has 5 nitrogen and oxygen atoms in total. The Bertz CT molecular complexity index is 394. The summed E-state index contributed by atoms with van der Waals surface area (Å²) in [5.41, 5.74) is 0.228. The van der Waals surface area contributed by atoms with Crippen LogP contribution < -0.4 is 0 Å². The smallest absolute Gasteiger partial charge is 0.283 e. The summed E-state index contributed by atoms with van der Waals surface area (Å²) in [6.45, 7) is 0.0627. The van der Waals surface area contributed by atoms with E-state index >= 15 is 0 Å². The Morgan fingerprint density at radius 3 is 2.81 bits per heavy atom. The third-order valence-electron chi connectivity index (χ3n) is 1.88. The number of carbonyl (C=O) groups is 1. The van der Waals surface area contributed by atoms with Gasteiger partial charge >= 0.3 is 0 Å². The third kappa shape index (κ3) is 3.32. The van der Waals surface area contributed by atoms with Gasteiger partial charge in [-0.1, -0.05) is 6.07 Å². The summed E-state index contributed by atoms with van der Waals surface area (Å²) in [5, 5.41) is 19.4. The van der Waals surface area contributed by atoms with E-state index in [1.165, 1.54) is 17.8 Å². The Kier molecular flexibility index (Phi) is 4.94. The molecule has 16 heavy (non-hydrogen) atoms. The van der Waals surface area contributed by atoms with Gasteiger partial charge in [-0.05, 0) is 12.5 Å². The van der Waals surface area contributed by atoms with Crippen LogP contribution in [0.4, 0.5) is 5.69 Å². The van der Waals surface area contributed by atoms with Crippen LogP contribution in [-0.4, -0.2) is 28.7 Å². The van der Waals surface area contributed by atoms with Crippen molar-refractivity contribution in [1.29, 1.82) is 0 Å². The standard InChI is InChI=1S/C10H11NO4S/c12-4-1-5-16-10-3-2-8(7-13)6-9(10)11(14)15/h2-3,6-7,12H,1,4-5H2. The van der Waals surface area contributed by atoms with E-state index < -0.39 is 4.92 Å². The van der Waals surface area contributed by atoms with Crippen LogP contribution in [0.3, 0.4) is 0 Å². The molecule has 0 aliphatic rings. The molecule has 1 aromatic rings. The maximum Gasteiger partial charge on any atom is 0.283 e. The lowest BCUT2D eigenvalue weighted by molar-refractivity contribution is -0.387. The molecule has 1 aromatic carbocycles. The number of aldehydes is 1. The van der Waals surface area contributed by atoms with E-state index in [-0.39, 0.29) is 12.3 Å². The maximum atomic E-state index is 10.7. The normalized spacial score (nSPS) is 10.1. The van der Waals surface area contributed by atoms with Gasteiger partial charge in [0.15, 0.2) is 0 Å². The Morgan fingerprint density at radius 1 is 1.50 bits per heavy atom. The molecule has 0 atom stereocenters. The Labute approximate surface area is 96.6 Å². The van der Waals surface area contributed by atoms with E-state index in [1.54, 1.807) is 12.1 Å². The van der Waals surface area contributed by atoms with Crippen molar-refractivity contribution in [2.45, 2.75) is 11.3 Å². The van der Waals surface area contributed by atoms with Crippen molar-refractivity contribution in [2.75, 3.05) is 12.4 Å². The van der Waals surface area contributed by atoms with E-state index in [0.717, 1.165) is 0 Å². The fraction of sp³-hybridized carbons (Fsp3) is 0.300. The number of aliphatic hydroxyl groups is 1. The molecule has 0 aliphatic heterocycles. The first-order valence-electron chi connectivity index (χ1n) is 4.66. The number of carbonyl (C=O) groups excluding carboxylic acids is 1. The molecule has 0 heterocycles. The zero-order valence-electron chi connectivity index (χ0n) is 8.46. The summed E-state index contributed by atoms with van der Waals surface area (Å²) in [7, 11) is 0. The summed E-state index contributed by atoms with van der Waals surface area (Å²) < 4.78 is 0. The number of nitro benzene ring substituents is 1. The number of benzene rings is 1. The van der Waals surface area contributed by atoms with Crippen molar-refractivity contribution in [1.82, 2.24) is 0 Å². The molecule has 0 aliphatic carbocycles. The van der Waals surface area contributed by atoms with E-state index in [0.29, 0.717) is 28.9 Å². The molecule has 86 valence electrons. The molecular weight excluding hydrogens is 230 g/mol. The van der Waals surface area contributed by atoms with Gasteiger partial charge < -0.3 is 5.11 Å². The van der Waals surface area contributed by atoms with Gasteiger partial charge in [0.1, 0.15) is 6.29 Å². The zero-order chi connectivity index (χ0) is 12.0. The number of aliphatic hydroxyl groups excluding tert-OH is 1. The van der Waals surface area contributed by atoms with Crippen LogP contribution >= 0.6 is 11.8 Å². The Hall–Kier alpha value is -1.40. The highest BCUT2D eigenvalue weighted by atomic mass is 32.2. The minimum atomic E-state index is -0.506. The highest BCUT2D eigenvalue weighted by Gasteiger charge is 2.14. The molecule has 0 spiro atoms. The quantitative estimate of drug-likeness (QED) is 0.270. The highest BCUT2D eigenvalue weighted by molar-refractivity contribution is 7.99. The second-order valence-electron chi connectivity index (χ2n) is 3.03. The number of rotatable bonds is 6. The summed E-state index contributed by atoms with van der Waals surface area (Å²) in [6.07, 6.45) is 1.16. The second kappa shape index (κ2) is 6.24. The van der Waals surface area contributed by atoms with Crippen LogP contribution in [0.2, 0.25) is 0 Å². The lowest BCUT2D eigenvalue weighted by Gasteiger charge is -2.02. The van der Waals surface area contributed by atoms with E-state index in [1.807, 2.05) is 0 Å². The van der Waals surface area contributed by atoms with Crippen molar-refractivity contribution in [2.24, 2.45) is 0 Å². The molecule has 6 heteroatoms. The molecule has 0 radical (unpaired) electrons. The Balaban J connectivity index is 2.89. The molecular formula is C10H11NO4S. The minimum absolute atomic E-state index is 0.0625. The van der Waals surface area contributed by atoms with Crippen LogP contribution in [0.1, 0.15) is 16.8 Å². The molecule has 1 N–H and O–H groups in total. The van der Waals surface area contributed by atoms with Gasteiger partial charge in [-0.2, -0.15) is 0 Å². The molecule has 0 bridgehead atoms. The monoisotopic (exact) mass is 241 g/mol. The van der Waals surface area contributed by atoms with E-state index in [2.05, 4.69) is 0 Å². The van der Waals surface area contributed by atoms with E-state index in [9.17, 15) is 14.9 Å². The first kappa shape index (κ1) is 12.7. The number of nitro groups is 1. The average Bonchev–Trinajstić information content (AvgIpc) is 2.29. The molecule has 0 fully saturated rings. The summed E-state index contributed by atoms with van der Waals surface area (Å²) in [5.74, 6) is 0.609. The number of hydrogen-bond donors (Lipinski definition) is 1. The third-order valence-corrected chi connectivity index (χ3v) is 3.02. The van der Waals surface area contributed by atoms with Gasteiger partial charge in [0, 0.05) is 24.0 Å². The van der Waals surface area contributed by atoms with Gasteiger partial charge in [-0.3, -0.25) is 14.9 Å². The molecule has 0 saturated heterocycles. The summed E-state index contributed by atoms with van der Waals surface area (Å²) in [4.78, 5) is 21.3. The first-order valence-corrected chi connectivity index (χ1v) is 5.65. The number of nitrogens with zero attached hydrogens (tertiary/aromatic N) is 1. The maximum absolute atomic E-state index is 10.7. The predicted octanol–water partition coefficient (Wildman–Crippen LogP) is 1.88. The minimum Gasteiger partial charge on any atom is -0.396 e. The molecule has 0 amide bonds. The van der Waals surface area contributed by atoms with Crippen LogP contribution in [-0.2, 0) is 0 Å². The van der Waals surface area contributed by atoms with Gasteiger partial charge in [0.2, 0.25) is 0 Å². The van der Waals surface area contributed by atoms with Crippen molar-refractivity contribution >= 4 is 23.7 Å². The van der Waals surface area contributed by atoms with Gasteiger partial charge in [0.25, 0.3) is 5.69 Å². The molecule has 0 aromatic heterocycles. The van der Waals surface area contributed by atoms with Crippen molar-refractivity contribution in [3.8, 4) is 0 Å². The first-order chi connectivity index (χ1) is 7.69. The van der Waals surface area contributed by atoms with E-state index in [4.69, 9.17) is 5.11 Å². The molecule has 0 unspecified atom stereocenters. The van der Waals surface area contributed by atoms with Crippen molar-refractivity contribution in [3.63, 3.8) is 0 Å². The van der Waals surface area contributed by atoms with Crippen molar-refractivity contribution in [3.05, 3.63) is 33.9 Å². The lowest BCUT2D eigenvalue weighted by atomic mass is 10.2. The second-order valence-corrected chi connectivity index (χ2v) is 4.16. The fourth-order valence-electron chi connectivity index (χ4n) is 1.12. The summed E-state index contributed by atoms with van der Waals surface area (Å²) in [6, 6.07) is 4.36. The van der Waals surface area contributed by atoms with Gasteiger partial charge in [-0.25, -0.2) is 0 Å². The summed E-state index contributed by atoms with van der Waals surface area (Å²) >= 11 is 1.30. The van der Waals surface area contributed by atoms with Crippen molar-refractivity contribution < 1.29 is 14.8 Å². The van der Waals surface area contributed by atoms with Crippen LogP contribution in [0.15, 0.2) is 23.1 Å². The van der Waals surface area contributed by atoms with Gasteiger partial charge in [-0.15, -0.1) is 11.8 Å². The van der Waals surface area contributed by atoms with Crippen LogP contribution in [0.5, 0.6) is 0 Å². The fourth-order valence-corrected chi connectivity index (χ4v) is 2.06. The van der Waals surface area contributed by atoms with Crippen LogP contribution in [0.25, 0.3) is 0 Å². The number of hydrogen-bond acceptors (Lipinski definition) is 5. The lowest BCUT2D eigenvalue weighted by Crippen LogP contribution is -1.94. The average molecular weight is 241 g/mol. The Morgan fingerprint density at radius 2 is 2.25 bits per heavy atom. The largest absolute Gasteiger partial charge is 0.396 e. The molecule has 0 saturated carbocycles. The highest BCUT2D eigenvalue weighted by Crippen LogP contribution is 2.29. The topological polar surface area (TPSA) is 80.4 Å². The molecule has 1 rings (SSSR count).